The van der Waals surface area contributed by atoms with Crippen LogP contribution < -0.4 is 0 Å². The molecular weight excluding hydrogens is 268 g/mol. The number of nitrogens with zero attached hydrogens (tertiary/aromatic N) is 3. The van der Waals surface area contributed by atoms with Gasteiger partial charge in [-0.2, -0.15) is 5.10 Å². The average molecular weight is 288 g/mol. The first-order chi connectivity index (χ1) is 9.94. The van der Waals surface area contributed by atoms with Gasteiger partial charge in [0.1, 0.15) is 5.60 Å². The molecule has 6 nitrogen and oxygen atoms in total. The Morgan fingerprint density at radius 1 is 1.33 bits per heavy atom. The molecule has 2 aromatic heterocycles. The Kier molecular flexibility index (Phi) is 3.23. The smallest absolute Gasteiger partial charge is 0.410 e. The van der Waals surface area contributed by atoms with Crippen LogP contribution in [0.2, 0.25) is 0 Å². The predicted octanol–water partition coefficient (Wildman–Crippen LogP) is 2.49. The van der Waals surface area contributed by atoms with Crippen molar-refractivity contribution in [2.24, 2.45) is 0 Å². The van der Waals surface area contributed by atoms with E-state index < -0.39 is 5.60 Å². The molecule has 21 heavy (non-hydrogen) atoms. The molecule has 0 aliphatic carbocycles. The van der Waals surface area contributed by atoms with Crippen LogP contribution in [0.25, 0.3) is 5.82 Å². The van der Waals surface area contributed by atoms with Gasteiger partial charge in [0, 0.05) is 36.6 Å². The second-order valence-corrected chi connectivity index (χ2v) is 6.25. The van der Waals surface area contributed by atoms with E-state index in [1.165, 1.54) is 0 Å². The zero-order valence-corrected chi connectivity index (χ0v) is 12.6. The number of amides is 1. The van der Waals surface area contributed by atoms with Crippen molar-refractivity contribution in [2.75, 3.05) is 6.54 Å². The van der Waals surface area contributed by atoms with Crippen molar-refractivity contribution >= 4 is 6.09 Å². The van der Waals surface area contributed by atoms with E-state index >= 15 is 0 Å². The standard InChI is InChI=1S/C15H20N4O2/c1-15(2,3)21-14(20)19-9-6-12-11(10-19)13(17-16-12)18-7-4-5-8-18/h4-5,7-8H,6,9-10H2,1-3H3,(H,16,17). The summed E-state index contributed by atoms with van der Waals surface area (Å²) in [5.74, 6) is 0.850. The van der Waals surface area contributed by atoms with Gasteiger partial charge in [-0.1, -0.05) is 0 Å². The molecule has 0 saturated carbocycles. The molecule has 0 radical (unpaired) electrons. The number of hydrogen-bond donors (Lipinski definition) is 1. The summed E-state index contributed by atoms with van der Waals surface area (Å²) in [4.78, 5) is 13.9. The third kappa shape index (κ3) is 2.79. The lowest BCUT2D eigenvalue weighted by atomic mass is 10.1. The number of rotatable bonds is 1. The number of fused-ring (bicyclic) bond motifs is 1. The van der Waals surface area contributed by atoms with Crippen LogP contribution in [-0.4, -0.2) is 37.9 Å². The SMILES string of the molecule is CC(C)(C)OC(=O)N1CCc2[nH]nc(-n3cccc3)c2C1. The number of aromatic amines is 1. The predicted molar refractivity (Wildman–Crippen MR) is 78.3 cm³/mol. The molecule has 112 valence electrons. The van der Waals surface area contributed by atoms with Crippen molar-refractivity contribution in [3.8, 4) is 5.82 Å². The molecule has 2 aromatic rings. The fourth-order valence-electron chi connectivity index (χ4n) is 2.45. The number of H-pyrrole nitrogens is 1. The van der Waals surface area contributed by atoms with E-state index in [0.29, 0.717) is 13.1 Å². The summed E-state index contributed by atoms with van der Waals surface area (Å²) in [7, 11) is 0. The van der Waals surface area contributed by atoms with Crippen LogP contribution in [-0.2, 0) is 17.7 Å². The largest absolute Gasteiger partial charge is 0.444 e. The van der Waals surface area contributed by atoms with Gasteiger partial charge < -0.3 is 14.2 Å². The maximum Gasteiger partial charge on any atom is 0.410 e. The third-order valence-electron chi connectivity index (χ3n) is 3.41. The van der Waals surface area contributed by atoms with E-state index in [0.717, 1.165) is 23.5 Å². The van der Waals surface area contributed by atoms with Gasteiger partial charge in [0.15, 0.2) is 5.82 Å². The lowest BCUT2D eigenvalue weighted by molar-refractivity contribution is 0.0223. The van der Waals surface area contributed by atoms with E-state index in [1.807, 2.05) is 49.9 Å². The van der Waals surface area contributed by atoms with Gasteiger partial charge in [0.2, 0.25) is 0 Å². The quantitative estimate of drug-likeness (QED) is 0.877. The Bertz CT molecular complexity index is 637. The number of nitrogens with one attached hydrogen (secondary N) is 1. The molecule has 0 saturated heterocycles. The molecule has 0 unspecified atom stereocenters. The lowest BCUT2D eigenvalue weighted by Crippen LogP contribution is -2.40. The van der Waals surface area contributed by atoms with Gasteiger partial charge in [-0.15, -0.1) is 0 Å². The van der Waals surface area contributed by atoms with Crippen LogP contribution >= 0.6 is 0 Å². The van der Waals surface area contributed by atoms with Crippen LogP contribution in [0.5, 0.6) is 0 Å². The number of aromatic nitrogens is 3. The maximum absolute atomic E-state index is 12.2. The van der Waals surface area contributed by atoms with Crippen molar-refractivity contribution in [1.82, 2.24) is 19.7 Å². The summed E-state index contributed by atoms with van der Waals surface area (Å²) < 4.78 is 7.40. The normalized spacial score (nSPS) is 14.9. The van der Waals surface area contributed by atoms with Gasteiger partial charge >= 0.3 is 6.09 Å². The Morgan fingerprint density at radius 2 is 2.05 bits per heavy atom. The van der Waals surface area contributed by atoms with Gasteiger partial charge in [0.05, 0.1) is 6.54 Å². The molecular formula is C15H20N4O2. The van der Waals surface area contributed by atoms with Crippen LogP contribution in [0.4, 0.5) is 4.79 Å². The molecule has 3 heterocycles. The highest BCUT2D eigenvalue weighted by atomic mass is 16.6. The Labute approximate surface area is 123 Å². The number of carbonyl (C=O) groups excluding carboxylic acids is 1. The average Bonchev–Trinajstić information content (AvgIpc) is 3.04. The fraction of sp³-hybridized carbons (Fsp3) is 0.467. The molecule has 1 amide bonds. The summed E-state index contributed by atoms with van der Waals surface area (Å²) in [6, 6.07) is 3.91. The number of hydrogen-bond acceptors (Lipinski definition) is 3. The minimum absolute atomic E-state index is 0.271. The Hall–Kier alpha value is -2.24. The topological polar surface area (TPSA) is 63.1 Å². The van der Waals surface area contributed by atoms with E-state index in [2.05, 4.69) is 10.2 Å². The molecule has 1 aliphatic heterocycles. The molecule has 1 aliphatic rings. The fourth-order valence-corrected chi connectivity index (χ4v) is 2.45. The van der Waals surface area contributed by atoms with Crippen molar-refractivity contribution < 1.29 is 9.53 Å². The summed E-state index contributed by atoms with van der Waals surface area (Å²) >= 11 is 0. The van der Waals surface area contributed by atoms with Gasteiger partial charge in [0.25, 0.3) is 0 Å². The maximum atomic E-state index is 12.2. The van der Waals surface area contributed by atoms with E-state index in [-0.39, 0.29) is 6.09 Å². The lowest BCUT2D eigenvalue weighted by Gasteiger charge is -2.30. The first kappa shape index (κ1) is 13.7. The van der Waals surface area contributed by atoms with Crippen LogP contribution in [0.3, 0.4) is 0 Å². The van der Waals surface area contributed by atoms with Crippen LogP contribution in [0.15, 0.2) is 24.5 Å². The monoisotopic (exact) mass is 288 g/mol. The van der Waals surface area contributed by atoms with Gasteiger partial charge in [-0.3, -0.25) is 5.10 Å². The van der Waals surface area contributed by atoms with Crippen LogP contribution in [0.1, 0.15) is 32.0 Å². The summed E-state index contributed by atoms with van der Waals surface area (Å²) in [5.41, 5.74) is 1.68. The first-order valence-electron chi connectivity index (χ1n) is 7.11. The molecule has 0 aromatic carbocycles. The molecule has 0 fully saturated rings. The van der Waals surface area contributed by atoms with E-state index in [1.54, 1.807) is 4.90 Å². The minimum atomic E-state index is -0.475. The van der Waals surface area contributed by atoms with Crippen molar-refractivity contribution in [1.29, 1.82) is 0 Å². The first-order valence-corrected chi connectivity index (χ1v) is 7.11. The summed E-state index contributed by atoms with van der Waals surface area (Å²) in [6.45, 7) is 6.81. The van der Waals surface area contributed by atoms with Crippen LogP contribution in [0, 0.1) is 0 Å². The highest BCUT2D eigenvalue weighted by Crippen LogP contribution is 2.24. The highest BCUT2D eigenvalue weighted by molar-refractivity contribution is 5.69. The second kappa shape index (κ2) is 4.95. The number of carbonyl (C=O) groups is 1. The zero-order chi connectivity index (χ0) is 15.0. The Balaban J connectivity index is 1.82. The summed E-state index contributed by atoms with van der Waals surface area (Å²) in [6.07, 6.45) is 4.39. The highest BCUT2D eigenvalue weighted by Gasteiger charge is 2.28. The molecule has 0 spiro atoms. The zero-order valence-electron chi connectivity index (χ0n) is 12.6. The molecule has 0 atom stereocenters. The van der Waals surface area contributed by atoms with Gasteiger partial charge in [-0.05, 0) is 32.9 Å². The summed E-state index contributed by atoms with van der Waals surface area (Å²) in [5, 5.41) is 7.44. The molecule has 1 N–H and O–H groups in total. The molecule has 3 rings (SSSR count). The molecule has 0 bridgehead atoms. The van der Waals surface area contributed by atoms with E-state index in [4.69, 9.17) is 4.74 Å². The van der Waals surface area contributed by atoms with E-state index in [9.17, 15) is 4.79 Å². The van der Waals surface area contributed by atoms with Gasteiger partial charge in [-0.25, -0.2) is 4.79 Å². The minimum Gasteiger partial charge on any atom is -0.444 e. The molecule has 6 heteroatoms. The second-order valence-electron chi connectivity index (χ2n) is 6.25. The van der Waals surface area contributed by atoms with Crippen molar-refractivity contribution in [2.45, 2.75) is 39.3 Å². The Morgan fingerprint density at radius 3 is 2.71 bits per heavy atom. The van der Waals surface area contributed by atoms with Crippen molar-refractivity contribution in [3.63, 3.8) is 0 Å². The third-order valence-corrected chi connectivity index (χ3v) is 3.41. The number of ether oxygens (including phenoxy) is 1. The van der Waals surface area contributed by atoms with Crippen molar-refractivity contribution in [3.05, 3.63) is 35.8 Å².